The number of cyclic esters (lactones) is 1. The van der Waals surface area contributed by atoms with Gasteiger partial charge in [0.2, 0.25) is 0 Å². The van der Waals surface area contributed by atoms with E-state index in [9.17, 15) is 4.79 Å². The molecule has 0 atom stereocenters. The van der Waals surface area contributed by atoms with E-state index >= 15 is 0 Å². The summed E-state index contributed by atoms with van der Waals surface area (Å²) in [5.41, 5.74) is 0. The van der Waals surface area contributed by atoms with E-state index in [-0.39, 0.29) is 6.09 Å². The van der Waals surface area contributed by atoms with Crippen LogP contribution < -0.4 is 4.90 Å². The first-order chi connectivity index (χ1) is 7.27. The lowest BCUT2D eigenvalue weighted by atomic mass is 10.4. The molecule has 2 heterocycles. The van der Waals surface area contributed by atoms with E-state index in [4.69, 9.17) is 16.3 Å². The molecule has 0 unspecified atom stereocenters. The smallest absolute Gasteiger partial charge is 0.415 e. The van der Waals surface area contributed by atoms with Gasteiger partial charge in [-0.25, -0.2) is 9.78 Å². The number of hydrogen-bond acceptors (Lipinski definition) is 3. The SMILES string of the molecule is CCl.O=C1OCCN1c1ccc(Cl)cn1. The van der Waals surface area contributed by atoms with Gasteiger partial charge in [-0.2, -0.15) is 0 Å². The first-order valence-corrected chi connectivity index (χ1v) is 5.34. The van der Waals surface area contributed by atoms with E-state index in [2.05, 4.69) is 16.6 Å². The van der Waals surface area contributed by atoms with Crippen molar-refractivity contribution in [3.63, 3.8) is 0 Å². The monoisotopic (exact) mass is 248 g/mol. The predicted octanol–water partition coefficient (Wildman–Crippen LogP) is 2.55. The minimum atomic E-state index is -0.352. The standard InChI is InChI=1S/C8H7ClN2O2.CH3Cl/c9-6-1-2-7(10-5-6)11-3-4-13-8(11)12;1-2/h1-2,5H,3-4H2;1H3. The highest BCUT2D eigenvalue weighted by Gasteiger charge is 2.24. The molecule has 4 nitrogen and oxygen atoms in total. The van der Waals surface area contributed by atoms with Crippen LogP contribution in [0.5, 0.6) is 0 Å². The molecule has 0 saturated carbocycles. The van der Waals surface area contributed by atoms with Crippen molar-refractivity contribution < 1.29 is 9.53 Å². The highest BCUT2D eigenvalue weighted by Crippen LogP contribution is 2.17. The molecule has 0 aromatic carbocycles. The summed E-state index contributed by atoms with van der Waals surface area (Å²) in [6.07, 6.45) is 2.62. The number of pyridine rings is 1. The van der Waals surface area contributed by atoms with Crippen LogP contribution in [0.3, 0.4) is 0 Å². The zero-order chi connectivity index (χ0) is 11.3. The van der Waals surface area contributed by atoms with Crippen LogP contribution in [0.2, 0.25) is 5.02 Å². The maximum absolute atomic E-state index is 11.1. The van der Waals surface area contributed by atoms with E-state index in [0.29, 0.717) is 24.0 Å². The molecule has 82 valence electrons. The minimum Gasteiger partial charge on any atom is -0.447 e. The van der Waals surface area contributed by atoms with Crippen molar-refractivity contribution in [2.45, 2.75) is 0 Å². The van der Waals surface area contributed by atoms with Crippen molar-refractivity contribution >= 4 is 35.1 Å². The summed E-state index contributed by atoms with van der Waals surface area (Å²) in [5, 5.41) is 0.552. The van der Waals surface area contributed by atoms with Crippen LogP contribution >= 0.6 is 23.2 Å². The van der Waals surface area contributed by atoms with Crippen molar-refractivity contribution in [2.75, 3.05) is 24.4 Å². The third-order valence-corrected chi connectivity index (χ3v) is 1.97. The highest BCUT2D eigenvalue weighted by atomic mass is 35.5. The lowest BCUT2D eigenvalue weighted by Gasteiger charge is -2.10. The fraction of sp³-hybridized carbons (Fsp3) is 0.333. The Morgan fingerprint density at radius 1 is 1.47 bits per heavy atom. The van der Waals surface area contributed by atoms with E-state index in [0.717, 1.165) is 0 Å². The minimum absolute atomic E-state index is 0.352. The molecule has 1 fully saturated rings. The van der Waals surface area contributed by atoms with Gasteiger partial charge >= 0.3 is 6.09 Å². The lowest BCUT2D eigenvalue weighted by molar-refractivity contribution is 0.181. The summed E-state index contributed by atoms with van der Waals surface area (Å²) in [4.78, 5) is 16.6. The van der Waals surface area contributed by atoms with Crippen LogP contribution in [0.25, 0.3) is 0 Å². The number of ether oxygens (including phenoxy) is 1. The Labute approximate surface area is 97.8 Å². The quantitative estimate of drug-likeness (QED) is 0.718. The second-order valence-corrected chi connectivity index (χ2v) is 3.04. The average molecular weight is 249 g/mol. The van der Waals surface area contributed by atoms with Gasteiger partial charge in [-0.3, -0.25) is 4.90 Å². The average Bonchev–Trinajstić information content (AvgIpc) is 2.69. The lowest BCUT2D eigenvalue weighted by Crippen LogP contribution is -2.24. The van der Waals surface area contributed by atoms with E-state index < -0.39 is 0 Å². The van der Waals surface area contributed by atoms with Crippen molar-refractivity contribution in [1.29, 1.82) is 0 Å². The molecule has 1 saturated heterocycles. The zero-order valence-corrected chi connectivity index (χ0v) is 9.62. The van der Waals surface area contributed by atoms with Gasteiger partial charge in [-0.05, 0) is 12.1 Å². The fourth-order valence-corrected chi connectivity index (χ4v) is 1.24. The second-order valence-electron chi connectivity index (χ2n) is 2.60. The van der Waals surface area contributed by atoms with Gasteiger partial charge in [0.05, 0.1) is 11.6 Å². The number of aromatic nitrogens is 1. The fourth-order valence-electron chi connectivity index (χ4n) is 1.13. The first-order valence-electron chi connectivity index (χ1n) is 4.21. The highest BCUT2D eigenvalue weighted by molar-refractivity contribution is 6.30. The van der Waals surface area contributed by atoms with Gasteiger partial charge in [0.25, 0.3) is 0 Å². The molecule has 0 spiro atoms. The third kappa shape index (κ3) is 2.97. The Kier molecular flexibility index (Phi) is 4.65. The molecule has 2 rings (SSSR count). The van der Waals surface area contributed by atoms with Crippen molar-refractivity contribution in [2.24, 2.45) is 0 Å². The molecule has 0 radical (unpaired) electrons. The van der Waals surface area contributed by atoms with Crippen molar-refractivity contribution in [3.05, 3.63) is 23.4 Å². The summed E-state index contributed by atoms with van der Waals surface area (Å²) >= 11 is 10.3. The summed E-state index contributed by atoms with van der Waals surface area (Å²) < 4.78 is 4.76. The molecule has 15 heavy (non-hydrogen) atoms. The summed E-state index contributed by atoms with van der Waals surface area (Å²) in [7, 11) is 0. The normalized spacial score (nSPS) is 14.3. The third-order valence-electron chi connectivity index (χ3n) is 1.75. The summed E-state index contributed by atoms with van der Waals surface area (Å²) in [6.45, 7) is 0.969. The number of carbonyl (C=O) groups excluding carboxylic acids is 1. The van der Waals surface area contributed by atoms with E-state index in [1.54, 1.807) is 12.1 Å². The van der Waals surface area contributed by atoms with Crippen LogP contribution in [0, 0.1) is 0 Å². The second kappa shape index (κ2) is 5.78. The molecular weight excluding hydrogens is 239 g/mol. The van der Waals surface area contributed by atoms with Gasteiger partial charge in [-0.15, -0.1) is 11.6 Å². The van der Waals surface area contributed by atoms with Gasteiger partial charge < -0.3 is 4.74 Å². The van der Waals surface area contributed by atoms with Gasteiger partial charge in [-0.1, -0.05) is 11.6 Å². The van der Waals surface area contributed by atoms with E-state index in [1.807, 2.05) is 0 Å². The maximum Gasteiger partial charge on any atom is 0.415 e. The molecule has 1 aliphatic heterocycles. The Morgan fingerprint density at radius 3 is 2.67 bits per heavy atom. The van der Waals surface area contributed by atoms with Gasteiger partial charge in [0, 0.05) is 12.6 Å². The maximum atomic E-state index is 11.1. The molecule has 6 heteroatoms. The van der Waals surface area contributed by atoms with Crippen LogP contribution in [0.4, 0.5) is 10.6 Å². The largest absolute Gasteiger partial charge is 0.447 e. The number of nitrogens with zero attached hydrogens (tertiary/aromatic N) is 2. The van der Waals surface area contributed by atoms with Crippen LogP contribution in [0.15, 0.2) is 18.3 Å². The van der Waals surface area contributed by atoms with Crippen molar-refractivity contribution in [1.82, 2.24) is 4.98 Å². The van der Waals surface area contributed by atoms with Gasteiger partial charge in [0.15, 0.2) is 0 Å². The Bertz CT molecular complexity index is 329. The van der Waals surface area contributed by atoms with E-state index in [1.165, 1.54) is 17.5 Å². The molecule has 1 aromatic rings. The first kappa shape index (κ1) is 12.1. The summed E-state index contributed by atoms with van der Waals surface area (Å²) in [6, 6.07) is 3.38. The number of anilines is 1. The zero-order valence-electron chi connectivity index (χ0n) is 8.11. The molecule has 0 N–H and O–H groups in total. The van der Waals surface area contributed by atoms with Crippen LogP contribution in [0.1, 0.15) is 0 Å². The molecule has 0 bridgehead atoms. The predicted molar refractivity (Wildman–Crippen MR) is 59.7 cm³/mol. The molecule has 0 aliphatic carbocycles. The molecule has 1 aliphatic rings. The Balaban J connectivity index is 0.000000531. The number of rotatable bonds is 1. The Morgan fingerprint density at radius 2 is 2.20 bits per heavy atom. The van der Waals surface area contributed by atoms with Crippen molar-refractivity contribution in [3.8, 4) is 0 Å². The molecule has 1 amide bonds. The molecule has 1 aromatic heterocycles. The summed E-state index contributed by atoms with van der Waals surface area (Å²) in [5.74, 6) is 0.576. The number of hydrogen-bond donors (Lipinski definition) is 0. The topological polar surface area (TPSA) is 42.4 Å². The van der Waals surface area contributed by atoms with Gasteiger partial charge in [0.1, 0.15) is 12.4 Å². The number of halogens is 2. The molecular formula is C9H10Cl2N2O2. The van der Waals surface area contributed by atoms with Crippen LogP contribution in [-0.4, -0.2) is 30.6 Å². The number of alkyl halides is 1. The number of amides is 1. The van der Waals surface area contributed by atoms with Crippen LogP contribution in [-0.2, 0) is 4.74 Å². The Hall–Kier alpha value is -1.00. The number of carbonyl (C=O) groups is 1.